The van der Waals surface area contributed by atoms with Crippen LogP contribution in [0.3, 0.4) is 0 Å². The Morgan fingerprint density at radius 1 is 1.50 bits per heavy atom. The molecular formula is C13H13ClN2OS. The Labute approximate surface area is 115 Å². The van der Waals surface area contributed by atoms with Crippen molar-refractivity contribution in [3.63, 3.8) is 0 Å². The number of rotatable bonds is 4. The van der Waals surface area contributed by atoms with Crippen LogP contribution in [0.2, 0.25) is 5.02 Å². The van der Waals surface area contributed by atoms with Crippen molar-refractivity contribution in [3.8, 4) is 0 Å². The predicted octanol–water partition coefficient (Wildman–Crippen LogP) is 3.36. The number of aromatic nitrogens is 2. The highest BCUT2D eigenvalue weighted by Crippen LogP contribution is 2.22. The van der Waals surface area contributed by atoms with Gasteiger partial charge in [-0.1, -0.05) is 29.3 Å². The molecule has 0 amide bonds. The largest absolute Gasteiger partial charge is 0.291 e. The lowest BCUT2D eigenvalue weighted by Crippen LogP contribution is -2.09. The fourth-order valence-electron chi connectivity index (χ4n) is 1.65. The second-order valence-corrected chi connectivity index (χ2v) is 5.45. The first-order valence-corrected chi connectivity index (χ1v) is 6.84. The number of Topliss-reactive ketones (excluding diaryl/α,β-unsaturated/α-hetero) is 1. The summed E-state index contributed by atoms with van der Waals surface area (Å²) in [5.41, 5.74) is 1.66. The maximum absolute atomic E-state index is 12.0. The first kappa shape index (κ1) is 13.2. The minimum atomic E-state index is -0.00786. The zero-order valence-electron chi connectivity index (χ0n) is 10.2. The van der Waals surface area contributed by atoms with Crippen LogP contribution in [-0.4, -0.2) is 21.3 Å². The first-order chi connectivity index (χ1) is 8.58. The van der Waals surface area contributed by atoms with Crippen molar-refractivity contribution in [2.45, 2.75) is 11.8 Å². The second-order valence-electron chi connectivity index (χ2n) is 3.99. The molecule has 0 radical (unpaired) electrons. The quantitative estimate of drug-likeness (QED) is 0.636. The molecule has 0 saturated heterocycles. The van der Waals surface area contributed by atoms with Gasteiger partial charge in [0.15, 0.2) is 5.78 Å². The van der Waals surface area contributed by atoms with Gasteiger partial charge in [-0.3, -0.25) is 9.48 Å². The molecule has 5 heteroatoms. The average Bonchev–Trinajstić information content (AvgIpc) is 2.66. The molecule has 1 aromatic carbocycles. The zero-order chi connectivity index (χ0) is 13.1. The van der Waals surface area contributed by atoms with Crippen molar-refractivity contribution in [2.24, 2.45) is 7.05 Å². The lowest BCUT2D eigenvalue weighted by Gasteiger charge is -2.03. The summed E-state index contributed by atoms with van der Waals surface area (Å²) in [5.74, 6) is 0.356. The van der Waals surface area contributed by atoms with Crippen LogP contribution in [0.25, 0.3) is 0 Å². The Morgan fingerprint density at radius 2 is 2.28 bits per heavy atom. The molecule has 0 bridgehead atoms. The molecule has 3 nitrogen and oxygen atoms in total. The van der Waals surface area contributed by atoms with Gasteiger partial charge in [-0.05, 0) is 19.1 Å². The number of hydrogen-bond acceptors (Lipinski definition) is 3. The van der Waals surface area contributed by atoms with E-state index < -0.39 is 0 Å². The van der Waals surface area contributed by atoms with Gasteiger partial charge in [-0.2, -0.15) is 5.10 Å². The van der Waals surface area contributed by atoms with Gasteiger partial charge in [-0.25, -0.2) is 0 Å². The van der Waals surface area contributed by atoms with E-state index in [1.807, 2.05) is 25.1 Å². The predicted molar refractivity (Wildman–Crippen MR) is 74.5 cm³/mol. The number of ketones is 1. The van der Waals surface area contributed by atoms with E-state index in [2.05, 4.69) is 11.2 Å². The zero-order valence-corrected chi connectivity index (χ0v) is 11.8. The minimum absolute atomic E-state index is 0.00786. The van der Waals surface area contributed by atoms with Crippen molar-refractivity contribution in [2.75, 3.05) is 5.75 Å². The minimum Gasteiger partial charge on any atom is -0.291 e. The van der Waals surface area contributed by atoms with Gasteiger partial charge in [0.25, 0.3) is 0 Å². The Hall–Kier alpha value is -1.26. The van der Waals surface area contributed by atoms with Crippen LogP contribution in [-0.2, 0) is 7.05 Å². The molecule has 0 atom stereocenters. The van der Waals surface area contributed by atoms with Gasteiger partial charge >= 0.3 is 0 Å². The molecule has 0 N–H and O–H groups in total. The van der Waals surface area contributed by atoms with E-state index in [1.165, 1.54) is 28.2 Å². The fourth-order valence-corrected chi connectivity index (χ4v) is 2.80. The number of aryl methyl sites for hydroxylation is 2. The molecule has 1 aromatic heterocycles. The average molecular weight is 281 g/mol. The molecule has 0 saturated carbocycles. The first-order valence-electron chi connectivity index (χ1n) is 5.48. The summed E-state index contributed by atoms with van der Waals surface area (Å²) < 4.78 is 1.52. The molecule has 0 aliphatic carbocycles. The van der Waals surface area contributed by atoms with Gasteiger partial charge < -0.3 is 0 Å². The number of nitrogens with zero attached hydrogens (tertiary/aromatic N) is 2. The van der Waals surface area contributed by atoms with Crippen LogP contribution in [0.1, 0.15) is 16.1 Å². The Morgan fingerprint density at radius 3 is 2.89 bits per heavy atom. The molecule has 2 rings (SSSR count). The molecule has 0 fully saturated rings. The topological polar surface area (TPSA) is 34.9 Å². The van der Waals surface area contributed by atoms with Crippen molar-refractivity contribution in [1.29, 1.82) is 0 Å². The monoisotopic (exact) mass is 280 g/mol. The van der Waals surface area contributed by atoms with Crippen LogP contribution < -0.4 is 0 Å². The Bertz CT molecular complexity index is 561. The van der Waals surface area contributed by atoms with Crippen molar-refractivity contribution in [3.05, 3.63) is 46.7 Å². The highest BCUT2D eigenvalue weighted by atomic mass is 35.5. The molecule has 0 spiro atoms. The second kappa shape index (κ2) is 5.59. The number of benzene rings is 1. The number of carbonyl (C=O) groups is 1. The summed E-state index contributed by atoms with van der Waals surface area (Å²) in [5, 5.41) is 4.37. The summed E-state index contributed by atoms with van der Waals surface area (Å²) in [4.78, 5) is 13.1. The van der Waals surface area contributed by atoms with Crippen LogP contribution in [0.5, 0.6) is 0 Å². The summed E-state index contributed by atoms with van der Waals surface area (Å²) >= 11 is 7.44. The van der Waals surface area contributed by atoms with Crippen LogP contribution in [0.15, 0.2) is 35.4 Å². The normalized spacial score (nSPS) is 10.6. The molecule has 94 valence electrons. The Kier molecular flexibility index (Phi) is 4.09. The van der Waals surface area contributed by atoms with Crippen LogP contribution in [0, 0.1) is 6.92 Å². The molecular weight excluding hydrogens is 268 g/mol. The highest BCUT2D eigenvalue weighted by molar-refractivity contribution is 8.00. The van der Waals surface area contributed by atoms with Crippen molar-refractivity contribution in [1.82, 2.24) is 9.78 Å². The maximum Gasteiger partial charge on any atom is 0.192 e. The smallest absolute Gasteiger partial charge is 0.192 e. The lowest BCUT2D eigenvalue weighted by molar-refractivity contribution is 0.101. The van der Waals surface area contributed by atoms with E-state index in [0.29, 0.717) is 16.5 Å². The van der Waals surface area contributed by atoms with Gasteiger partial charge in [-0.15, -0.1) is 11.8 Å². The van der Waals surface area contributed by atoms with Crippen molar-refractivity contribution >= 4 is 29.1 Å². The number of thioether (sulfide) groups is 1. The number of hydrogen-bond donors (Lipinski definition) is 0. The van der Waals surface area contributed by atoms with Gasteiger partial charge in [0, 0.05) is 11.9 Å². The fraction of sp³-hybridized carbons (Fsp3) is 0.231. The maximum atomic E-state index is 12.0. The molecule has 2 aromatic rings. The third-order valence-corrected chi connectivity index (χ3v) is 3.79. The van der Waals surface area contributed by atoms with E-state index in [9.17, 15) is 4.79 Å². The van der Waals surface area contributed by atoms with E-state index in [4.69, 9.17) is 11.6 Å². The van der Waals surface area contributed by atoms with Gasteiger partial charge in [0.2, 0.25) is 0 Å². The van der Waals surface area contributed by atoms with Crippen LogP contribution in [0.4, 0.5) is 0 Å². The molecule has 0 aliphatic heterocycles. The molecule has 18 heavy (non-hydrogen) atoms. The summed E-state index contributed by atoms with van der Waals surface area (Å²) in [6, 6.07) is 8.07. The van der Waals surface area contributed by atoms with Crippen molar-refractivity contribution < 1.29 is 4.79 Å². The number of halogens is 1. The highest BCUT2D eigenvalue weighted by Gasteiger charge is 2.15. The van der Waals surface area contributed by atoms with Gasteiger partial charge in [0.1, 0.15) is 5.69 Å². The van der Waals surface area contributed by atoms with Gasteiger partial charge in [0.05, 0.1) is 17.0 Å². The molecule has 0 unspecified atom stereocenters. The van der Waals surface area contributed by atoms with E-state index in [0.717, 1.165) is 4.90 Å². The van der Waals surface area contributed by atoms with E-state index in [1.54, 1.807) is 7.05 Å². The van der Waals surface area contributed by atoms with E-state index >= 15 is 0 Å². The van der Waals surface area contributed by atoms with E-state index in [-0.39, 0.29) is 5.78 Å². The summed E-state index contributed by atoms with van der Waals surface area (Å²) in [6.07, 6.45) is 1.49. The lowest BCUT2D eigenvalue weighted by atomic mass is 10.2. The Balaban J connectivity index is 2.05. The summed E-state index contributed by atoms with van der Waals surface area (Å²) in [7, 11) is 1.72. The number of carbonyl (C=O) groups excluding carboxylic acids is 1. The van der Waals surface area contributed by atoms with Crippen LogP contribution >= 0.6 is 23.4 Å². The third kappa shape index (κ3) is 2.94. The standard InChI is InChI=1S/C13H13ClN2OS/c1-9-4-3-5-10(6-9)18-8-12(17)13-11(14)7-15-16(13)2/h3-7H,8H2,1-2H3. The molecule has 0 aliphatic rings. The third-order valence-electron chi connectivity index (χ3n) is 2.52. The summed E-state index contributed by atoms with van der Waals surface area (Å²) in [6.45, 7) is 2.03. The molecule has 1 heterocycles. The SMILES string of the molecule is Cc1cccc(SCC(=O)c2c(Cl)cnn2C)c1.